The highest BCUT2D eigenvalue weighted by molar-refractivity contribution is 6.66. The van der Waals surface area contributed by atoms with E-state index in [1.807, 2.05) is 36.4 Å². The van der Waals surface area contributed by atoms with Crippen molar-refractivity contribution in [1.82, 2.24) is 4.98 Å². The van der Waals surface area contributed by atoms with Gasteiger partial charge in [0.25, 0.3) is 6.01 Å². The van der Waals surface area contributed by atoms with Crippen LogP contribution in [0.15, 0.2) is 52.9 Å². The number of anilines is 2. The van der Waals surface area contributed by atoms with Crippen molar-refractivity contribution in [1.29, 1.82) is 0 Å². The first-order valence-corrected chi connectivity index (χ1v) is 9.06. The summed E-state index contributed by atoms with van der Waals surface area (Å²) in [6.45, 7) is 13.0. The number of nitrogens with one attached hydrogen (secondary N) is 1. The fourth-order valence-electron chi connectivity index (χ4n) is 2.57. The van der Waals surface area contributed by atoms with Gasteiger partial charge in [0.05, 0.1) is 5.60 Å². The van der Waals surface area contributed by atoms with E-state index in [-0.39, 0.29) is 17.9 Å². The second kappa shape index (κ2) is 6.80. The zero-order valence-corrected chi connectivity index (χ0v) is 16.5. The molecule has 0 aliphatic heterocycles. The van der Waals surface area contributed by atoms with E-state index in [2.05, 4.69) is 63.9 Å². The van der Waals surface area contributed by atoms with Crippen molar-refractivity contribution >= 4 is 35.2 Å². The van der Waals surface area contributed by atoms with Gasteiger partial charge in [-0.25, -0.2) is 0 Å². The summed E-state index contributed by atoms with van der Waals surface area (Å²) >= 11 is 0. The summed E-state index contributed by atoms with van der Waals surface area (Å²) in [7, 11) is 0. The van der Waals surface area contributed by atoms with Gasteiger partial charge in [-0.05, 0) is 49.0 Å². The predicted molar refractivity (Wildman–Crippen MR) is 110 cm³/mol. The third kappa shape index (κ3) is 3.93. The van der Waals surface area contributed by atoms with Crippen molar-refractivity contribution in [2.45, 2.75) is 47.0 Å². The molecule has 2 aromatic carbocycles. The number of oxazole rings is 1. The lowest BCUT2D eigenvalue weighted by atomic mass is 9.62. The minimum absolute atomic E-state index is 0.0163. The van der Waals surface area contributed by atoms with E-state index in [1.165, 1.54) is 0 Å². The summed E-state index contributed by atoms with van der Waals surface area (Å²) < 4.78 is 12.0. The predicted octanol–water partition coefficient (Wildman–Crippen LogP) is 5.24. The van der Waals surface area contributed by atoms with E-state index < -0.39 is 0 Å². The number of aromatic nitrogens is 1. The standard InChI is InChI=1S/C21H27BN2O2/c1-20(2,3)21(4,5)26-22(6)15-11-13-16(14-12-15)23-19-24-17-9-7-8-10-18(17)25-19/h7-14H,1-6H3,(H,23,24). The normalized spacial score (nSPS) is 12.4. The molecule has 0 aliphatic rings. The van der Waals surface area contributed by atoms with Crippen molar-refractivity contribution in [3.05, 3.63) is 48.5 Å². The third-order valence-electron chi connectivity index (χ3n) is 5.20. The lowest BCUT2D eigenvalue weighted by Crippen LogP contribution is -2.46. The van der Waals surface area contributed by atoms with Gasteiger partial charge in [0.15, 0.2) is 5.58 Å². The van der Waals surface area contributed by atoms with Gasteiger partial charge in [-0.1, -0.05) is 51.9 Å². The Morgan fingerprint density at radius 3 is 2.23 bits per heavy atom. The summed E-state index contributed by atoms with van der Waals surface area (Å²) in [5.74, 6) is 0. The van der Waals surface area contributed by atoms with Crippen LogP contribution in [-0.4, -0.2) is 17.5 Å². The van der Waals surface area contributed by atoms with Crippen molar-refractivity contribution in [2.75, 3.05) is 5.32 Å². The molecule has 1 aromatic heterocycles. The molecule has 3 rings (SSSR count). The van der Waals surface area contributed by atoms with Crippen molar-refractivity contribution in [3.8, 4) is 0 Å². The van der Waals surface area contributed by atoms with E-state index in [9.17, 15) is 0 Å². The van der Waals surface area contributed by atoms with Crippen LogP contribution in [0.5, 0.6) is 0 Å². The molecular weight excluding hydrogens is 323 g/mol. The Bertz CT molecular complexity index is 846. The molecule has 3 aromatic rings. The number of hydrogen-bond acceptors (Lipinski definition) is 4. The Hall–Kier alpha value is -2.27. The van der Waals surface area contributed by atoms with Crippen molar-refractivity contribution in [2.24, 2.45) is 5.41 Å². The smallest absolute Gasteiger partial charge is 0.324 e. The van der Waals surface area contributed by atoms with E-state index in [1.54, 1.807) is 0 Å². The van der Waals surface area contributed by atoms with Gasteiger partial charge >= 0.3 is 6.92 Å². The monoisotopic (exact) mass is 350 g/mol. The molecule has 0 bridgehead atoms. The molecule has 0 fully saturated rings. The Kier molecular flexibility index (Phi) is 4.85. The Labute approximate surface area is 156 Å². The van der Waals surface area contributed by atoms with Crippen LogP contribution < -0.4 is 10.8 Å². The molecule has 136 valence electrons. The maximum Gasteiger partial charge on any atom is 0.324 e. The lowest BCUT2D eigenvalue weighted by molar-refractivity contribution is 0.000451. The molecule has 0 radical (unpaired) electrons. The molecule has 0 saturated heterocycles. The van der Waals surface area contributed by atoms with Crippen LogP contribution >= 0.6 is 0 Å². The minimum atomic E-state index is -0.221. The highest BCUT2D eigenvalue weighted by Crippen LogP contribution is 2.33. The number of para-hydroxylation sites is 2. The molecule has 4 nitrogen and oxygen atoms in total. The first-order chi connectivity index (χ1) is 12.2. The quantitative estimate of drug-likeness (QED) is 0.639. The number of rotatable bonds is 5. The highest BCUT2D eigenvalue weighted by atomic mass is 16.5. The number of hydrogen-bond donors (Lipinski definition) is 1. The number of nitrogens with zero attached hydrogens (tertiary/aromatic N) is 1. The minimum Gasteiger partial charge on any atom is -0.426 e. The average Bonchev–Trinajstić information content (AvgIpc) is 2.96. The zero-order valence-electron chi connectivity index (χ0n) is 16.5. The summed E-state index contributed by atoms with van der Waals surface area (Å²) in [6.07, 6.45) is 0. The summed E-state index contributed by atoms with van der Waals surface area (Å²) in [6, 6.07) is 16.4. The van der Waals surface area contributed by atoms with Crippen LogP contribution in [0, 0.1) is 5.41 Å². The Morgan fingerprint density at radius 1 is 0.962 bits per heavy atom. The number of fused-ring (bicyclic) bond motifs is 1. The molecule has 5 heteroatoms. The zero-order chi connectivity index (χ0) is 18.9. The molecule has 0 saturated carbocycles. The first-order valence-electron chi connectivity index (χ1n) is 9.06. The second-order valence-electron chi connectivity index (χ2n) is 8.25. The van der Waals surface area contributed by atoms with Crippen molar-refractivity contribution < 1.29 is 9.07 Å². The molecule has 0 spiro atoms. The summed E-state index contributed by atoms with van der Waals surface area (Å²) in [5, 5.41) is 3.21. The first kappa shape index (κ1) is 18.5. The van der Waals surface area contributed by atoms with E-state index in [4.69, 9.17) is 9.07 Å². The fraction of sp³-hybridized carbons (Fsp3) is 0.381. The Balaban J connectivity index is 1.70. The van der Waals surface area contributed by atoms with E-state index in [0.717, 1.165) is 22.2 Å². The van der Waals surface area contributed by atoms with Gasteiger partial charge in [0.2, 0.25) is 0 Å². The largest absolute Gasteiger partial charge is 0.426 e. The van der Waals surface area contributed by atoms with E-state index in [0.29, 0.717) is 6.01 Å². The van der Waals surface area contributed by atoms with Gasteiger partial charge in [-0.3, -0.25) is 0 Å². The van der Waals surface area contributed by atoms with Crippen LogP contribution in [0.4, 0.5) is 11.7 Å². The highest BCUT2D eigenvalue weighted by Gasteiger charge is 2.35. The van der Waals surface area contributed by atoms with Crippen molar-refractivity contribution in [3.63, 3.8) is 0 Å². The van der Waals surface area contributed by atoms with E-state index >= 15 is 0 Å². The molecule has 0 amide bonds. The topological polar surface area (TPSA) is 47.3 Å². The van der Waals surface area contributed by atoms with Gasteiger partial charge in [0.1, 0.15) is 5.52 Å². The average molecular weight is 350 g/mol. The van der Waals surface area contributed by atoms with Gasteiger partial charge in [0, 0.05) is 5.69 Å². The number of benzene rings is 2. The molecule has 1 N–H and O–H groups in total. The SMILES string of the molecule is CB(OC(C)(C)C(C)(C)C)c1ccc(Nc2nc3ccccc3o2)cc1. The molecule has 1 heterocycles. The van der Waals surface area contributed by atoms with Crippen LogP contribution in [0.25, 0.3) is 11.1 Å². The molecule has 26 heavy (non-hydrogen) atoms. The van der Waals surface area contributed by atoms with Crippen LogP contribution in [-0.2, 0) is 4.65 Å². The molecule has 0 aliphatic carbocycles. The lowest BCUT2D eigenvalue weighted by Gasteiger charge is -2.40. The third-order valence-corrected chi connectivity index (χ3v) is 5.20. The summed E-state index contributed by atoms with van der Waals surface area (Å²) in [4.78, 5) is 4.44. The maximum atomic E-state index is 6.34. The Morgan fingerprint density at radius 2 is 1.62 bits per heavy atom. The maximum absolute atomic E-state index is 6.34. The molecule has 0 unspecified atom stereocenters. The molecule has 0 atom stereocenters. The van der Waals surface area contributed by atoms with Gasteiger partial charge < -0.3 is 14.4 Å². The fourth-order valence-corrected chi connectivity index (χ4v) is 2.57. The van der Waals surface area contributed by atoms with Crippen LogP contribution in [0.2, 0.25) is 6.82 Å². The van der Waals surface area contributed by atoms with Gasteiger partial charge in [-0.15, -0.1) is 0 Å². The van der Waals surface area contributed by atoms with Gasteiger partial charge in [-0.2, -0.15) is 4.98 Å². The van der Waals surface area contributed by atoms with Crippen LogP contribution in [0.3, 0.4) is 0 Å². The second-order valence-corrected chi connectivity index (χ2v) is 8.25. The summed E-state index contributed by atoms with van der Waals surface area (Å²) in [5.41, 5.74) is 3.54. The van der Waals surface area contributed by atoms with Crippen LogP contribution in [0.1, 0.15) is 34.6 Å². The molecular formula is C21H27BN2O2.